The van der Waals surface area contributed by atoms with Crippen molar-refractivity contribution in [2.75, 3.05) is 0 Å². The van der Waals surface area contributed by atoms with Crippen molar-refractivity contribution in [2.45, 2.75) is 77.4 Å². The Bertz CT molecular complexity index is 1400. The summed E-state index contributed by atoms with van der Waals surface area (Å²) < 4.78 is 178. The summed E-state index contributed by atoms with van der Waals surface area (Å²) in [6.45, 7) is -26.5. The van der Waals surface area contributed by atoms with Crippen molar-refractivity contribution in [1.29, 1.82) is 0 Å². The first-order chi connectivity index (χ1) is 23.7. The highest BCUT2D eigenvalue weighted by atomic mass is 35.8. The SMILES string of the molecule is Oc1ccccc1.[2H]C([2H])([2H])C(C)(c1cc(C(C([2H])([2H])[2H])(C([2H])([2H])[2H])C([2H])([2H])[2H])ccc1O)C([2H])([2H])[2H].[2H]C([2H])([2H])C(Cl)(C([2H])([2H])[2H])C([2H])([2H])[2H].[Cl][Al]([Cl])[Cl]. The van der Waals surface area contributed by atoms with Crippen molar-refractivity contribution < 1.29 is 43.1 Å². The van der Waals surface area contributed by atoms with Crippen LogP contribution in [0.4, 0.5) is 0 Å². The molecule has 0 amide bonds. The molecule has 0 aliphatic rings. The van der Waals surface area contributed by atoms with Gasteiger partial charge in [-0.3, -0.25) is 0 Å². The summed E-state index contributed by atoms with van der Waals surface area (Å²) in [4.78, 5) is -3.22. The van der Waals surface area contributed by atoms with E-state index in [2.05, 4.69) is 0 Å². The number of para-hydroxylation sites is 1. The van der Waals surface area contributed by atoms with Crippen LogP contribution in [0.1, 0.15) is 106 Å². The molecule has 0 spiro atoms. The minimum atomic E-state index is -3.63. The topological polar surface area (TPSA) is 40.5 Å². The predicted octanol–water partition coefficient (Wildman–Crippen LogP) is 9.09. The molecule has 0 aromatic heterocycles. The van der Waals surface area contributed by atoms with E-state index in [4.69, 9.17) is 79.8 Å². The number of benzene rings is 2. The molecule has 0 saturated carbocycles. The van der Waals surface area contributed by atoms with E-state index in [1.807, 2.05) is 6.07 Å². The van der Waals surface area contributed by atoms with Crippen LogP contribution in [-0.4, -0.2) is 26.5 Å². The molecule has 0 unspecified atom stereocenters. The van der Waals surface area contributed by atoms with Crippen molar-refractivity contribution in [3.8, 4) is 11.5 Å². The third kappa shape index (κ3) is 21.3. The van der Waals surface area contributed by atoms with Crippen molar-refractivity contribution >= 4 is 53.1 Å². The number of phenols is 2. The lowest BCUT2D eigenvalue weighted by atomic mass is 9.80. The van der Waals surface area contributed by atoms with Crippen LogP contribution < -0.4 is 0 Å². The molecule has 2 aromatic rings. The fraction of sp³-hybridized carbons (Fsp3) is 0.500. The second-order valence-corrected chi connectivity index (χ2v) is 12.8. The van der Waals surface area contributed by atoms with Crippen LogP contribution in [0, 0.1) is 0 Å². The number of hydrogen-bond donors (Lipinski definition) is 2. The zero-order chi connectivity index (χ0) is 45.0. The fourth-order valence-corrected chi connectivity index (χ4v) is 1.60. The number of alkyl halides is 1. The lowest BCUT2D eigenvalue weighted by Gasteiger charge is -2.25. The van der Waals surface area contributed by atoms with Crippen molar-refractivity contribution in [3.63, 3.8) is 0 Å². The van der Waals surface area contributed by atoms with Crippen LogP contribution in [0.15, 0.2) is 48.5 Å². The smallest absolute Gasteiger partial charge is 0.508 e. The van der Waals surface area contributed by atoms with Crippen molar-refractivity contribution in [1.82, 2.24) is 0 Å². The standard InChI is InChI=1S/C14H22O.C6H6O.C4H9Cl.Al.3ClH/c1-13(2,3)10-7-8-12(15)11(9-10)14(4,5)6;7-6-4-2-1-3-5-6;1-4(2,3)5;;;;/h7-9,15H,1-6H3;1-5,7H;1-3H3;;3*1H/q;;;+3;;;/p-3/i1D3,2D3,3D3,4D3,5D3;;1D3,2D3,3D3;;;;. The largest absolute Gasteiger partial charge is 0.643 e. The maximum Gasteiger partial charge on any atom is 0.643 e. The van der Waals surface area contributed by atoms with E-state index < -0.39 is 98.8 Å². The average molecular weight is 550 g/mol. The Morgan fingerprint density at radius 1 is 0.774 bits per heavy atom. The second kappa shape index (κ2) is 14.8. The van der Waals surface area contributed by atoms with E-state index in [1.54, 1.807) is 24.3 Å². The van der Waals surface area contributed by atoms with Gasteiger partial charge in [0.1, 0.15) is 11.5 Å². The molecule has 0 bridgehead atoms. The van der Waals surface area contributed by atoms with Gasteiger partial charge in [-0.15, -0.1) is 11.6 Å². The number of rotatable bonds is 0. The number of aromatic hydroxyl groups is 2. The molecule has 2 rings (SSSR count). The van der Waals surface area contributed by atoms with Crippen LogP contribution >= 0.6 is 41.7 Å². The monoisotopic (exact) mass is 548 g/mol. The Balaban J connectivity index is 0. The summed E-state index contributed by atoms with van der Waals surface area (Å²) in [5.74, 6) is -0.536. The third-order valence-corrected chi connectivity index (χ3v) is 2.72. The van der Waals surface area contributed by atoms with E-state index in [1.165, 1.54) is 0 Å². The van der Waals surface area contributed by atoms with Crippen LogP contribution in [0.3, 0.4) is 0 Å². The Kier molecular flexibility index (Phi) is 4.66. The lowest BCUT2D eigenvalue weighted by molar-refractivity contribution is 0.444. The van der Waals surface area contributed by atoms with E-state index >= 15 is 0 Å². The normalized spacial score (nSPS) is 25.7. The zero-order valence-corrected chi connectivity index (χ0v) is 20.3. The molecule has 0 heterocycles. The molecule has 0 fully saturated rings. The van der Waals surface area contributed by atoms with E-state index in [9.17, 15) is 5.11 Å². The van der Waals surface area contributed by atoms with E-state index in [0.29, 0.717) is 17.9 Å². The molecular formula is C24H37AlCl4O2. The Morgan fingerprint density at radius 2 is 1.26 bits per heavy atom. The molecule has 0 atom stereocenters. The molecule has 2 nitrogen and oxygen atoms in total. The molecule has 0 aliphatic heterocycles. The average Bonchev–Trinajstić information content (AvgIpc) is 2.88. The summed E-state index contributed by atoms with van der Waals surface area (Å²) in [5.41, 5.74) is -7.89. The van der Waals surface area contributed by atoms with Crippen molar-refractivity contribution in [2.24, 2.45) is 0 Å². The molecule has 7 heteroatoms. The van der Waals surface area contributed by atoms with Gasteiger partial charge in [-0.05, 0) is 60.7 Å². The van der Waals surface area contributed by atoms with Crippen LogP contribution in [-0.2, 0) is 10.8 Å². The summed E-state index contributed by atoms with van der Waals surface area (Å²) in [6.07, 6.45) is 0. The highest BCUT2D eigenvalue weighted by Crippen LogP contribution is 2.34. The maximum absolute atomic E-state index is 10.2. The third-order valence-electron chi connectivity index (χ3n) is 2.72. The molecule has 0 aliphatic carbocycles. The lowest BCUT2D eigenvalue weighted by Crippen LogP contribution is -2.16. The summed E-state index contributed by atoms with van der Waals surface area (Å²) in [6, 6.07) is 10.7. The van der Waals surface area contributed by atoms with E-state index in [0.717, 1.165) is 13.0 Å². The quantitative estimate of drug-likeness (QED) is 0.254. The van der Waals surface area contributed by atoms with Gasteiger partial charge in [0, 0.05) is 37.8 Å². The van der Waals surface area contributed by atoms with E-state index in [-0.39, 0.29) is 0 Å². The van der Waals surface area contributed by atoms with Gasteiger partial charge in [-0.2, -0.15) is 0 Å². The Hall–Kier alpha value is -0.268. The van der Waals surface area contributed by atoms with Gasteiger partial charge in [0.2, 0.25) is 0 Å². The number of halogens is 4. The maximum atomic E-state index is 10.2. The van der Waals surface area contributed by atoms with Gasteiger partial charge in [-0.1, -0.05) is 71.5 Å². The molecule has 2 aromatic carbocycles. The minimum Gasteiger partial charge on any atom is -0.508 e. The zero-order valence-electron chi connectivity index (χ0n) is 40.1. The Labute approximate surface area is 245 Å². The van der Waals surface area contributed by atoms with Gasteiger partial charge in [0.05, 0.1) is 0 Å². The summed E-state index contributed by atoms with van der Waals surface area (Å²) in [5, 5.41) is 18.9. The van der Waals surface area contributed by atoms with Crippen molar-refractivity contribution in [3.05, 3.63) is 59.7 Å². The van der Waals surface area contributed by atoms with Gasteiger partial charge < -0.3 is 10.2 Å². The predicted molar refractivity (Wildman–Crippen MR) is 143 cm³/mol. The molecule has 31 heavy (non-hydrogen) atoms. The molecule has 2 N–H and O–H groups in total. The van der Waals surface area contributed by atoms with Gasteiger partial charge in [0.25, 0.3) is 0 Å². The van der Waals surface area contributed by atoms with Crippen LogP contribution in [0.2, 0.25) is 0 Å². The minimum absolute atomic E-state index is 0.322. The first-order valence-corrected chi connectivity index (χ1v) is 13.6. The highest BCUT2D eigenvalue weighted by Gasteiger charge is 2.21. The first kappa shape index (κ1) is 9.77. The Morgan fingerprint density at radius 3 is 1.58 bits per heavy atom. The first-order valence-electron chi connectivity index (χ1n) is 19.9. The number of phenolic OH excluding ortho intramolecular Hbond substituents is 2. The molecule has 176 valence electrons. The fourth-order valence-electron chi connectivity index (χ4n) is 1.60. The highest BCUT2D eigenvalue weighted by molar-refractivity contribution is 7.54. The molecular weight excluding hydrogens is 489 g/mol. The van der Waals surface area contributed by atoms with Gasteiger partial charge in [0.15, 0.2) is 0 Å². The molecule has 0 radical (unpaired) electrons. The van der Waals surface area contributed by atoms with Crippen LogP contribution in [0.25, 0.3) is 0 Å². The summed E-state index contributed by atoms with van der Waals surface area (Å²) in [7, 11) is 14.8. The molecule has 0 saturated heterocycles. The second-order valence-electron chi connectivity index (χ2n) is 5.85. The van der Waals surface area contributed by atoms with Gasteiger partial charge in [-0.25, -0.2) is 30.1 Å². The van der Waals surface area contributed by atoms with Crippen LogP contribution in [0.5, 0.6) is 11.5 Å². The van der Waals surface area contributed by atoms with Gasteiger partial charge >= 0.3 is 11.4 Å². The summed E-state index contributed by atoms with van der Waals surface area (Å²) >= 11 is 3.56. The number of hydrogen-bond acceptors (Lipinski definition) is 2.